The SMILES string of the molecule is CCc1nnc(C)cc1C(=O)NCC1(CO)CCCCC1. The summed E-state index contributed by atoms with van der Waals surface area (Å²) < 4.78 is 0. The molecule has 0 saturated heterocycles. The number of nitrogens with zero attached hydrogens (tertiary/aromatic N) is 2. The Morgan fingerprint density at radius 2 is 2.05 bits per heavy atom. The van der Waals surface area contributed by atoms with Crippen LogP contribution in [0.15, 0.2) is 6.07 Å². The van der Waals surface area contributed by atoms with Gasteiger partial charge >= 0.3 is 0 Å². The van der Waals surface area contributed by atoms with Gasteiger partial charge < -0.3 is 10.4 Å². The highest BCUT2D eigenvalue weighted by molar-refractivity contribution is 5.95. The minimum absolute atomic E-state index is 0.108. The van der Waals surface area contributed by atoms with E-state index in [2.05, 4.69) is 15.5 Å². The van der Waals surface area contributed by atoms with Crippen molar-refractivity contribution in [2.24, 2.45) is 5.41 Å². The maximum atomic E-state index is 12.4. The quantitative estimate of drug-likeness (QED) is 0.870. The van der Waals surface area contributed by atoms with Crippen LogP contribution in [0.5, 0.6) is 0 Å². The van der Waals surface area contributed by atoms with Crippen molar-refractivity contribution in [3.8, 4) is 0 Å². The molecule has 0 aliphatic heterocycles. The molecule has 0 aromatic carbocycles. The average Bonchev–Trinajstić information content (AvgIpc) is 2.53. The van der Waals surface area contributed by atoms with Gasteiger partial charge in [0, 0.05) is 12.0 Å². The third-order valence-electron chi connectivity index (χ3n) is 4.45. The Morgan fingerprint density at radius 3 is 2.67 bits per heavy atom. The predicted octanol–water partition coefficient (Wildman–Crippen LogP) is 2.02. The number of amides is 1. The third-order valence-corrected chi connectivity index (χ3v) is 4.45. The van der Waals surface area contributed by atoms with E-state index in [1.54, 1.807) is 6.07 Å². The molecule has 0 spiro atoms. The van der Waals surface area contributed by atoms with Gasteiger partial charge in [0.15, 0.2) is 0 Å². The molecule has 0 atom stereocenters. The first kappa shape index (κ1) is 15.9. The second kappa shape index (κ2) is 6.98. The zero-order valence-corrected chi connectivity index (χ0v) is 13.0. The summed E-state index contributed by atoms with van der Waals surface area (Å²) in [6, 6.07) is 1.79. The van der Waals surface area contributed by atoms with Gasteiger partial charge in [-0.2, -0.15) is 10.2 Å². The van der Waals surface area contributed by atoms with Crippen molar-refractivity contribution in [3.63, 3.8) is 0 Å². The molecule has 116 valence electrons. The highest BCUT2D eigenvalue weighted by Gasteiger charge is 2.32. The highest BCUT2D eigenvalue weighted by atomic mass is 16.3. The first-order chi connectivity index (χ1) is 10.1. The maximum Gasteiger partial charge on any atom is 0.253 e. The molecule has 0 bridgehead atoms. The van der Waals surface area contributed by atoms with E-state index in [9.17, 15) is 9.90 Å². The Balaban J connectivity index is 2.06. The zero-order valence-electron chi connectivity index (χ0n) is 13.0. The first-order valence-corrected chi connectivity index (χ1v) is 7.82. The number of aliphatic hydroxyl groups excluding tert-OH is 1. The summed E-state index contributed by atoms with van der Waals surface area (Å²) in [5, 5.41) is 20.8. The van der Waals surface area contributed by atoms with Crippen LogP contribution in [0.2, 0.25) is 0 Å². The molecular formula is C16H25N3O2. The van der Waals surface area contributed by atoms with E-state index < -0.39 is 0 Å². The van der Waals surface area contributed by atoms with E-state index in [0.717, 1.165) is 37.1 Å². The number of aryl methyl sites for hydroxylation is 2. The minimum atomic E-state index is -0.143. The normalized spacial score (nSPS) is 17.5. The van der Waals surface area contributed by atoms with E-state index in [-0.39, 0.29) is 17.9 Å². The molecule has 1 saturated carbocycles. The van der Waals surface area contributed by atoms with E-state index >= 15 is 0 Å². The average molecular weight is 291 g/mol. The highest BCUT2D eigenvalue weighted by Crippen LogP contribution is 2.35. The third kappa shape index (κ3) is 3.79. The van der Waals surface area contributed by atoms with Crippen LogP contribution in [-0.2, 0) is 6.42 Å². The van der Waals surface area contributed by atoms with Crippen LogP contribution < -0.4 is 5.32 Å². The van der Waals surface area contributed by atoms with Gasteiger partial charge in [0.05, 0.1) is 23.6 Å². The van der Waals surface area contributed by atoms with Crippen LogP contribution in [0.1, 0.15) is 60.8 Å². The first-order valence-electron chi connectivity index (χ1n) is 7.82. The number of aliphatic hydroxyl groups is 1. The van der Waals surface area contributed by atoms with Gasteiger partial charge in [-0.05, 0) is 32.3 Å². The Hall–Kier alpha value is -1.49. The van der Waals surface area contributed by atoms with Crippen molar-refractivity contribution in [2.75, 3.05) is 13.2 Å². The molecule has 0 radical (unpaired) electrons. The van der Waals surface area contributed by atoms with E-state index in [4.69, 9.17) is 0 Å². The number of nitrogens with one attached hydrogen (secondary N) is 1. The fourth-order valence-electron chi connectivity index (χ4n) is 3.03. The monoisotopic (exact) mass is 291 g/mol. The molecule has 5 nitrogen and oxygen atoms in total. The number of rotatable bonds is 5. The molecule has 1 aromatic rings. The largest absolute Gasteiger partial charge is 0.396 e. The second-order valence-electron chi connectivity index (χ2n) is 6.10. The van der Waals surface area contributed by atoms with Crippen molar-refractivity contribution >= 4 is 5.91 Å². The van der Waals surface area contributed by atoms with Crippen molar-refractivity contribution in [3.05, 3.63) is 23.0 Å². The van der Waals surface area contributed by atoms with E-state index in [1.165, 1.54) is 6.42 Å². The summed E-state index contributed by atoms with van der Waals surface area (Å²) in [5.74, 6) is -0.108. The van der Waals surface area contributed by atoms with Gasteiger partial charge in [-0.3, -0.25) is 4.79 Å². The number of aromatic nitrogens is 2. The Bertz CT molecular complexity index is 496. The van der Waals surface area contributed by atoms with Gasteiger partial charge in [0.1, 0.15) is 0 Å². The van der Waals surface area contributed by atoms with Gasteiger partial charge in [0.25, 0.3) is 5.91 Å². The molecule has 5 heteroatoms. The lowest BCUT2D eigenvalue weighted by atomic mass is 9.74. The molecular weight excluding hydrogens is 266 g/mol. The fraction of sp³-hybridized carbons (Fsp3) is 0.688. The summed E-state index contributed by atoms with van der Waals surface area (Å²) in [6.07, 6.45) is 6.14. The lowest BCUT2D eigenvalue weighted by molar-refractivity contribution is 0.0717. The minimum Gasteiger partial charge on any atom is -0.396 e. The van der Waals surface area contributed by atoms with Crippen LogP contribution in [-0.4, -0.2) is 34.4 Å². The van der Waals surface area contributed by atoms with Gasteiger partial charge in [-0.1, -0.05) is 26.2 Å². The van der Waals surface area contributed by atoms with Crippen molar-refractivity contribution in [2.45, 2.75) is 52.4 Å². The molecule has 1 amide bonds. The van der Waals surface area contributed by atoms with Gasteiger partial charge in [-0.15, -0.1) is 0 Å². The summed E-state index contributed by atoms with van der Waals surface area (Å²) in [4.78, 5) is 12.4. The van der Waals surface area contributed by atoms with Crippen LogP contribution in [0.25, 0.3) is 0 Å². The van der Waals surface area contributed by atoms with Crippen molar-refractivity contribution < 1.29 is 9.90 Å². The predicted molar refractivity (Wildman–Crippen MR) is 81.1 cm³/mol. The topological polar surface area (TPSA) is 75.1 Å². The summed E-state index contributed by atoms with van der Waals surface area (Å²) in [7, 11) is 0. The smallest absolute Gasteiger partial charge is 0.253 e. The molecule has 21 heavy (non-hydrogen) atoms. The van der Waals surface area contributed by atoms with Crippen LogP contribution >= 0.6 is 0 Å². The molecule has 1 aromatic heterocycles. The lowest BCUT2D eigenvalue weighted by Gasteiger charge is -2.35. The molecule has 1 aliphatic carbocycles. The van der Waals surface area contributed by atoms with E-state index in [1.807, 2.05) is 13.8 Å². The number of carbonyl (C=O) groups is 1. The van der Waals surface area contributed by atoms with E-state index in [0.29, 0.717) is 18.5 Å². The van der Waals surface area contributed by atoms with Crippen LogP contribution in [0.4, 0.5) is 0 Å². The maximum absolute atomic E-state index is 12.4. The summed E-state index contributed by atoms with van der Waals surface area (Å²) >= 11 is 0. The Kier molecular flexibility index (Phi) is 5.28. The van der Waals surface area contributed by atoms with Crippen molar-refractivity contribution in [1.29, 1.82) is 0 Å². The number of hydrogen-bond donors (Lipinski definition) is 2. The number of carbonyl (C=O) groups excluding carboxylic acids is 1. The standard InChI is InChI=1S/C16H25N3O2/c1-3-14-13(9-12(2)18-19-14)15(21)17-10-16(11-20)7-5-4-6-8-16/h9,20H,3-8,10-11H2,1-2H3,(H,17,21). The molecule has 0 unspecified atom stereocenters. The van der Waals surface area contributed by atoms with Crippen LogP contribution in [0, 0.1) is 12.3 Å². The molecule has 2 N–H and O–H groups in total. The second-order valence-corrected chi connectivity index (χ2v) is 6.10. The van der Waals surface area contributed by atoms with Gasteiger partial charge in [-0.25, -0.2) is 0 Å². The zero-order chi connectivity index (χ0) is 15.3. The fourth-order valence-corrected chi connectivity index (χ4v) is 3.03. The summed E-state index contributed by atoms with van der Waals surface area (Å²) in [5.41, 5.74) is 1.93. The van der Waals surface area contributed by atoms with Crippen LogP contribution in [0.3, 0.4) is 0 Å². The van der Waals surface area contributed by atoms with Gasteiger partial charge in [0.2, 0.25) is 0 Å². The molecule has 1 fully saturated rings. The molecule has 2 rings (SSSR count). The Labute approximate surface area is 126 Å². The Morgan fingerprint density at radius 1 is 1.33 bits per heavy atom. The summed E-state index contributed by atoms with van der Waals surface area (Å²) in [6.45, 7) is 4.47. The lowest BCUT2D eigenvalue weighted by Crippen LogP contribution is -2.41. The molecule has 1 heterocycles. The van der Waals surface area contributed by atoms with Crippen molar-refractivity contribution in [1.82, 2.24) is 15.5 Å². The number of hydrogen-bond acceptors (Lipinski definition) is 4. The molecule has 1 aliphatic rings.